The molecule has 3 rings (SSSR count). The topological polar surface area (TPSA) is 93.1 Å². The van der Waals surface area contributed by atoms with Crippen molar-refractivity contribution >= 4 is 11.8 Å². The van der Waals surface area contributed by atoms with Gasteiger partial charge in [-0.25, -0.2) is 4.39 Å². The highest BCUT2D eigenvalue weighted by Gasteiger charge is 2.41. The summed E-state index contributed by atoms with van der Waals surface area (Å²) in [5.41, 5.74) is -1.05. The van der Waals surface area contributed by atoms with Gasteiger partial charge in [-0.3, -0.25) is 14.4 Å². The summed E-state index contributed by atoms with van der Waals surface area (Å²) in [6, 6.07) is 7.83. The zero-order valence-corrected chi connectivity index (χ0v) is 17.1. The van der Waals surface area contributed by atoms with Crippen molar-refractivity contribution < 1.29 is 14.0 Å². The molecule has 0 spiro atoms. The first kappa shape index (κ1) is 21.7. The lowest BCUT2D eigenvalue weighted by atomic mass is 9.80. The first-order valence-corrected chi connectivity index (χ1v) is 10.4. The molecule has 7 nitrogen and oxygen atoms in total. The number of carbonyl (C=O) groups is 2. The van der Waals surface area contributed by atoms with Crippen LogP contribution in [0.15, 0.2) is 41.2 Å². The molecule has 0 unspecified atom stereocenters. The van der Waals surface area contributed by atoms with E-state index in [0.717, 1.165) is 36.8 Å². The third kappa shape index (κ3) is 4.93. The van der Waals surface area contributed by atoms with Gasteiger partial charge in [0.05, 0.1) is 5.69 Å². The van der Waals surface area contributed by atoms with Crippen molar-refractivity contribution in [2.75, 3.05) is 6.54 Å². The van der Waals surface area contributed by atoms with Crippen LogP contribution in [0.4, 0.5) is 4.39 Å². The molecule has 1 heterocycles. The third-order valence-electron chi connectivity index (χ3n) is 5.41. The summed E-state index contributed by atoms with van der Waals surface area (Å²) in [5.74, 6) is -1.12. The van der Waals surface area contributed by atoms with Crippen molar-refractivity contribution in [2.45, 2.75) is 57.4 Å². The molecule has 160 valence electrons. The van der Waals surface area contributed by atoms with Crippen LogP contribution in [-0.4, -0.2) is 33.7 Å². The molecule has 0 aliphatic heterocycles. The third-order valence-corrected chi connectivity index (χ3v) is 5.41. The number of carbonyl (C=O) groups excluding carboxylic acids is 2. The van der Waals surface area contributed by atoms with Crippen LogP contribution < -0.4 is 16.2 Å². The normalized spacial score (nSPS) is 15.4. The van der Waals surface area contributed by atoms with E-state index in [1.807, 2.05) is 6.92 Å². The van der Waals surface area contributed by atoms with Gasteiger partial charge in [-0.05, 0) is 49.6 Å². The molecule has 0 atom stereocenters. The smallest absolute Gasteiger partial charge is 0.272 e. The summed E-state index contributed by atoms with van der Waals surface area (Å²) < 4.78 is 14.2. The van der Waals surface area contributed by atoms with Crippen LogP contribution in [0.2, 0.25) is 0 Å². The Labute approximate surface area is 174 Å². The number of unbranched alkanes of at least 4 members (excludes halogenated alkanes) is 1. The average Bonchev–Trinajstić information content (AvgIpc) is 2.75. The molecule has 1 aliphatic rings. The fourth-order valence-electron chi connectivity index (χ4n) is 3.69. The standard InChI is InChI=1S/C22H27FN4O3/c1-2-3-15-24-21(30)22(13-5-4-6-14-22)25-20(29)18-11-12-19(28)27(26-18)17-9-7-16(23)8-10-17/h7-12H,2-6,13-15H2,1H3,(H,24,30)(H,25,29). The summed E-state index contributed by atoms with van der Waals surface area (Å²) in [6.45, 7) is 2.62. The van der Waals surface area contributed by atoms with E-state index in [1.54, 1.807) is 0 Å². The van der Waals surface area contributed by atoms with Gasteiger partial charge in [-0.2, -0.15) is 9.78 Å². The Hall–Kier alpha value is -3.03. The molecule has 8 heteroatoms. The van der Waals surface area contributed by atoms with Gasteiger partial charge in [0, 0.05) is 12.6 Å². The highest BCUT2D eigenvalue weighted by Crippen LogP contribution is 2.29. The zero-order chi connectivity index (χ0) is 21.6. The van der Waals surface area contributed by atoms with E-state index in [-0.39, 0.29) is 11.6 Å². The van der Waals surface area contributed by atoms with E-state index in [2.05, 4.69) is 15.7 Å². The quantitative estimate of drug-likeness (QED) is 0.682. The van der Waals surface area contributed by atoms with Gasteiger partial charge < -0.3 is 10.6 Å². The van der Waals surface area contributed by atoms with E-state index >= 15 is 0 Å². The molecule has 1 aliphatic carbocycles. The van der Waals surface area contributed by atoms with Crippen LogP contribution in [0, 0.1) is 5.82 Å². The minimum Gasteiger partial charge on any atom is -0.354 e. The van der Waals surface area contributed by atoms with Crippen molar-refractivity contribution in [2.24, 2.45) is 0 Å². The van der Waals surface area contributed by atoms with Gasteiger partial charge in [-0.1, -0.05) is 32.6 Å². The summed E-state index contributed by atoms with van der Waals surface area (Å²) in [6.07, 6.45) is 5.69. The van der Waals surface area contributed by atoms with Gasteiger partial charge >= 0.3 is 0 Å². The van der Waals surface area contributed by atoms with Crippen molar-refractivity contribution in [1.82, 2.24) is 20.4 Å². The van der Waals surface area contributed by atoms with Gasteiger partial charge in [-0.15, -0.1) is 0 Å². The maximum atomic E-state index is 13.2. The minimum atomic E-state index is -0.971. The molecule has 0 bridgehead atoms. The van der Waals surface area contributed by atoms with Crippen molar-refractivity contribution in [3.05, 3.63) is 58.3 Å². The zero-order valence-electron chi connectivity index (χ0n) is 17.1. The van der Waals surface area contributed by atoms with Crippen LogP contribution in [0.1, 0.15) is 62.4 Å². The molecular weight excluding hydrogens is 387 g/mol. The van der Waals surface area contributed by atoms with Crippen LogP contribution in [0.5, 0.6) is 0 Å². The van der Waals surface area contributed by atoms with Crippen LogP contribution in [0.25, 0.3) is 5.69 Å². The average molecular weight is 414 g/mol. The molecule has 30 heavy (non-hydrogen) atoms. The van der Waals surface area contributed by atoms with Crippen LogP contribution in [-0.2, 0) is 4.79 Å². The molecule has 0 saturated heterocycles. The predicted octanol–water partition coefficient (Wildman–Crippen LogP) is 2.72. The van der Waals surface area contributed by atoms with Crippen molar-refractivity contribution in [3.8, 4) is 5.69 Å². The van der Waals surface area contributed by atoms with Crippen LogP contribution >= 0.6 is 0 Å². The number of halogens is 1. The lowest BCUT2D eigenvalue weighted by Gasteiger charge is -2.36. The highest BCUT2D eigenvalue weighted by atomic mass is 19.1. The monoisotopic (exact) mass is 414 g/mol. The van der Waals surface area contributed by atoms with E-state index < -0.39 is 22.8 Å². The molecule has 1 aromatic carbocycles. The number of rotatable bonds is 7. The Morgan fingerprint density at radius 2 is 1.80 bits per heavy atom. The van der Waals surface area contributed by atoms with Gasteiger partial charge in [0.25, 0.3) is 11.5 Å². The fraction of sp³-hybridized carbons (Fsp3) is 0.455. The molecule has 1 fully saturated rings. The lowest BCUT2D eigenvalue weighted by Crippen LogP contribution is -2.60. The second-order valence-corrected chi connectivity index (χ2v) is 7.65. The Morgan fingerprint density at radius 1 is 1.10 bits per heavy atom. The Morgan fingerprint density at radius 3 is 2.47 bits per heavy atom. The molecule has 2 amide bonds. The fourth-order valence-corrected chi connectivity index (χ4v) is 3.69. The second-order valence-electron chi connectivity index (χ2n) is 7.65. The first-order chi connectivity index (χ1) is 14.4. The number of nitrogens with one attached hydrogen (secondary N) is 2. The number of hydrogen-bond donors (Lipinski definition) is 2. The molecule has 0 radical (unpaired) electrons. The largest absolute Gasteiger partial charge is 0.354 e. The number of nitrogens with zero attached hydrogens (tertiary/aromatic N) is 2. The maximum absolute atomic E-state index is 13.2. The van der Waals surface area contributed by atoms with E-state index in [4.69, 9.17) is 0 Å². The number of amides is 2. The number of hydrogen-bond acceptors (Lipinski definition) is 4. The second kappa shape index (κ2) is 9.65. The maximum Gasteiger partial charge on any atom is 0.272 e. The van der Waals surface area contributed by atoms with E-state index in [1.165, 1.54) is 36.4 Å². The number of aromatic nitrogens is 2. The Bertz CT molecular complexity index is 950. The van der Waals surface area contributed by atoms with Gasteiger partial charge in [0.2, 0.25) is 5.91 Å². The molecule has 1 aromatic heterocycles. The SMILES string of the molecule is CCCCNC(=O)C1(NC(=O)c2ccc(=O)n(-c3ccc(F)cc3)n2)CCCCC1. The van der Waals surface area contributed by atoms with E-state index in [9.17, 15) is 18.8 Å². The Balaban J connectivity index is 1.83. The molecule has 2 aromatic rings. The summed E-state index contributed by atoms with van der Waals surface area (Å²) >= 11 is 0. The Kier molecular flexibility index (Phi) is 6.97. The summed E-state index contributed by atoms with van der Waals surface area (Å²) in [7, 11) is 0. The lowest BCUT2D eigenvalue weighted by molar-refractivity contribution is -0.128. The molecule has 1 saturated carbocycles. The van der Waals surface area contributed by atoms with E-state index in [0.29, 0.717) is 25.1 Å². The van der Waals surface area contributed by atoms with Crippen molar-refractivity contribution in [1.29, 1.82) is 0 Å². The number of benzene rings is 1. The first-order valence-electron chi connectivity index (χ1n) is 10.4. The van der Waals surface area contributed by atoms with Crippen molar-refractivity contribution in [3.63, 3.8) is 0 Å². The van der Waals surface area contributed by atoms with Gasteiger partial charge in [0.1, 0.15) is 17.1 Å². The van der Waals surface area contributed by atoms with Crippen LogP contribution in [0.3, 0.4) is 0 Å². The molecule has 2 N–H and O–H groups in total. The summed E-state index contributed by atoms with van der Waals surface area (Å²) in [4.78, 5) is 38.1. The highest BCUT2D eigenvalue weighted by molar-refractivity contribution is 5.98. The summed E-state index contributed by atoms with van der Waals surface area (Å²) in [5, 5.41) is 9.97. The predicted molar refractivity (Wildman–Crippen MR) is 111 cm³/mol. The minimum absolute atomic E-state index is 0.0187. The molecular formula is C22H27FN4O3. The van der Waals surface area contributed by atoms with Gasteiger partial charge in [0.15, 0.2) is 0 Å².